The second-order valence-electron chi connectivity index (χ2n) is 21.4. The van der Waals surface area contributed by atoms with Crippen LogP contribution in [0.15, 0.2) is 279 Å². The molecule has 0 amide bonds. The Morgan fingerprint density at radius 1 is 0.262 bits per heavy atom. The highest BCUT2D eigenvalue weighted by atomic mass is 15.0. The Morgan fingerprint density at radius 2 is 0.619 bits per heavy atom. The summed E-state index contributed by atoms with van der Waals surface area (Å²) in [6, 6.07) is 98.4. The molecule has 0 spiro atoms. The van der Waals surface area contributed by atoms with E-state index in [2.05, 4.69) is 229 Å². The Balaban J connectivity index is 0.942. The third-order valence-corrected chi connectivity index (χ3v) is 16.8. The van der Waals surface area contributed by atoms with E-state index in [-0.39, 0.29) is 0 Å². The van der Waals surface area contributed by atoms with Crippen LogP contribution in [0.3, 0.4) is 0 Å². The molecule has 0 saturated heterocycles. The predicted molar refractivity (Wildman–Crippen MR) is 345 cm³/mol. The molecule has 0 fully saturated rings. The van der Waals surface area contributed by atoms with Crippen LogP contribution < -0.4 is 0 Å². The topological polar surface area (TPSA) is 62.8 Å². The van der Waals surface area contributed by atoms with Gasteiger partial charge in [-0.25, -0.2) is 19.8 Å². The quantitative estimate of drug-likeness (QED) is 0.142. The number of fused-ring (bicyclic) bond motifs is 12. The van der Waals surface area contributed by atoms with E-state index in [1.165, 1.54) is 21.5 Å². The molecule has 17 rings (SSSR count). The van der Waals surface area contributed by atoms with Gasteiger partial charge in [-0.3, -0.25) is 0 Å². The molecular formula is C76H46N8. The lowest BCUT2D eigenvalue weighted by Crippen LogP contribution is -2.04. The summed E-state index contributed by atoms with van der Waals surface area (Å²) in [5.41, 5.74) is 17.3. The van der Waals surface area contributed by atoms with Crippen molar-refractivity contribution in [3.05, 3.63) is 290 Å². The van der Waals surface area contributed by atoms with Crippen LogP contribution in [0.5, 0.6) is 0 Å². The van der Waals surface area contributed by atoms with E-state index in [0.717, 1.165) is 116 Å². The first-order valence-corrected chi connectivity index (χ1v) is 28.2. The number of para-hydroxylation sites is 6. The summed E-state index contributed by atoms with van der Waals surface area (Å²) < 4.78 is 9.50. The second-order valence-corrected chi connectivity index (χ2v) is 21.4. The maximum Gasteiger partial charge on any atom is 0.197 e. The smallest absolute Gasteiger partial charge is 0.197 e. The van der Waals surface area contributed by atoms with Crippen LogP contribution in [-0.4, -0.2) is 33.2 Å². The second kappa shape index (κ2) is 18.7. The van der Waals surface area contributed by atoms with Crippen LogP contribution in [0, 0.1) is 6.57 Å². The minimum absolute atomic E-state index is 0.513. The minimum Gasteiger partial charge on any atom is -0.310 e. The predicted octanol–water partition coefficient (Wildman–Crippen LogP) is 19.5. The number of nitrogens with zero attached hydrogens (tertiary/aromatic N) is 8. The van der Waals surface area contributed by atoms with E-state index in [0.29, 0.717) is 23.2 Å². The summed E-state index contributed by atoms with van der Waals surface area (Å²) >= 11 is 0. The van der Waals surface area contributed by atoms with Gasteiger partial charge < -0.3 is 18.3 Å². The van der Waals surface area contributed by atoms with Crippen molar-refractivity contribution in [2.75, 3.05) is 0 Å². The highest BCUT2D eigenvalue weighted by Crippen LogP contribution is 2.47. The molecule has 0 aliphatic heterocycles. The van der Waals surface area contributed by atoms with Crippen LogP contribution in [-0.2, 0) is 0 Å². The zero-order valence-corrected chi connectivity index (χ0v) is 45.1. The molecule has 390 valence electrons. The third-order valence-electron chi connectivity index (χ3n) is 16.8. The molecular weight excluding hydrogens is 1020 g/mol. The average Bonchev–Trinajstić information content (AvgIpc) is 3.60. The zero-order valence-electron chi connectivity index (χ0n) is 45.1. The van der Waals surface area contributed by atoms with E-state index in [1.807, 2.05) is 72.8 Å². The number of aromatic nitrogens is 7. The fourth-order valence-electron chi connectivity index (χ4n) is 13.2. The lowest BCUT2D eigenvalue weighted by atomic mass is 9.96. The molecule has 0 radical (unpaired) electrons. The van der Waals surface area contributed by atoms with Crippen LogP contribution in [0.2, 0.25) is 0 Å². The fourth-order valence-corrected chi connectivity index (χ4v) is 13.2. The van der Waals surface area contributed by atoms with E-state index in [9.17, 15) is 0 Å². The number of hydrogen-bond acceptors (Lipinski definition) is 3. The third kappa shape index (κ3) is 7.16. The minimum atomic E-state index is 0.513. The summed E-state index contributed by atoms with van der Waals surface area (Å²) in [5.74, 6) is 1.66. The van der Waals surface area contributed by atoms with Gasteiger partial charge in [0.1, 0.15) is 0 Å². The monoisotopic (exact) mass is 1070 g/mol. The van der Waals surface area contributed by atoms with Crippen molar-refractivity contribution in [2.45, 2.75) is 0 Å². The SMILES string of the molecule is [C-]#[N+]c1cccc(-n2c3ccccc3c3cc(-n4c5ccccc5c5ccccc54)ccc32)c1-c1cc(-c2nc(-c3ccccc3)nc(-c3ccccc3)n2)ccc1-n1c2ccccc2c2cc(-n3c4ccccc4c4ccccc43)ccc21. The van der Waals surface area contributed by atoms with Crippen LogP contribution in [0.1, 0.15) is 0 Å². The zero-order chi connectivity index (χ0) is 55.4. The Hall–Kier alpha value is -11.7. The molecule has 0 aliphatic carbocycles. The van der Waals surface area contributed by atoms with Crippen molar-refractivity contribution in [2.24, 2.45) is 0 Å². The molecule has 0 bridgehead atoms. The highest BCUT2D eigenvalue weighted by molar-refractivity contribution is 6.15. The molecule has 8 heteroatoms. The summed E-state index contributed by atoms with van der Waals surface area (Å²) in [4.78, 5) is 20.0. The van der Waals surface area contributed by atoms with Gasteiger partial charge in [-0.2, -0.15) is 0 Å². The molecule has 0 unspecified atom stereocenters. The standard InChI is InChI=1S/C76H46N8/c1-77-62-31-20-38-72(84-68-37-19-13-30-58(68)60-47-52(41-44-70(60)84)82-65-34-16-10-27-55(65)56-28-11-17-35-66(56)82)73(62)61-45-50(76-79-74(48-21-4-2-5-22-48)78-75(80-76)49-23-6-3-7-24-49)39-42-71(61)83-67-36-18-12-29-57(67)59-46-51(40-43-69(59)83)81-63-32-14-8-25-53(63)54-26-9-15-33-64(54)81/h2-47H. The van der Waals surface area contributed by atoms with Gasteiger partial charge in [-0.05, 0) is 103 Å². The van der Waals surface area contributed by atoms with Gasteiger partial charge in [0.2, 0.25) is 0 Å². The molecule has 5 aromatic heterocycles. The summed E-state index contributed by atoms with van der Waals surface area (Å²) in [7, 11) is 0. The lowest BCUT2D eigenvalue weighted by molar-refractivity contribution is 1.07. The summed E-state index contributed by atoms with van der Waals surface area (Å²) in [5, 5.41) is 9.29. The van der Waals surface area contributed by atoms with Gasteiger partial charge in [-0.15, -0.1) is 0 Å². The van der Waals surface area contributed by atoms with Crippen molar-refractivity contribution in [3.63, 3.8) is 0 Å². The summed E-state index contributed by atoms with van der Waals surface area (Å²) in [6.07, 6.45) is 0. The van der Waals surface area contributed by atoms with Crippen LogP contribution in [0.25, 0.3) is 160 Å². The first kappa shape index (κ1) is 47.2. The maximum absolute atomic E-state index is 9.07. The maximum atomic E-state index is 9.07. The van der Waals surface area contributed by atoms with Gasteiger partial charge in [0.25, 0.3) is 0 Å². The van der Waals surface area contributed by atoms with Crippen molar-refractivity contribution in [1.29, 1.82) is 0 Å². The van der Waals surface area contributed by atoms with Crippen molar-refractivity contribution < 1.29 is 0 Å². The van der Waals surface area contributed by atoms with Crippen LogP contribution >= 0.6 is 0 Å². The fraction of sp³-hybridized carbons (Fsp3) is 0. The van der Waals surface area contributed by atoms with Gasteiger partial charge in [-0.1, -0.05) is 182 Å². The Bertz CT molecular complexity index is 5420. The van der Waals surface area contributed by atoms with E-state index < -0.39 is 0 Å². The van der Waals surface area contributed by atoms with Gasteiger partial charge >= 0.3 is 0 Å². The first-order valence-electron chi connectivity index (χ1n) is 28.2. The molecule has 17 aromatic rings. The van der Waals surface area contributed by atoms with E-state index in [1.54, 1.807) is 0 Å². The van der Waals surface area contributed by atoms with E-state index in [4.69, 9.17) is 21.5 Å². The first-order chi connectivity index (χ1) is 41.6. The Morgan fingerprint density at radius 3 is 1.05 bits per heavy atom. The lowest BCUT2D eigenvalue weighted by Gasteiger charge is -2.21. The van der Waals surface area contributed by atoms with Crippen LogP contribution in [0.4, 0.5) is 5.69 Å². The Kier molecular flexibility index (Phi) is 10.5. The normalized spacial score (nSPS) is 11.8. The molecule has 5 heterocycles. The van der Waals surface area contributed by atoms with Crippen molar-refractivity contribution >= 4 is 92.9 Å². The molecule has 8 nitrogen and oxygen atoms in total. The highest BCUT2D eigenvalue weighted by Gasteiger charge is 2.26. The largest absolute Gasteiger partial charge is 0.310 e. The molecule has 84 heavy (non-hydrogen) atoms. The van der Waals surface area contributed by atoms with Gasteiger partial charge in [0.05, 0.1) is 56.4 Å². The molecule has 0 aliphatic rings. The average molecular weight is 1070 g/mol. The number of benzene rings is 12. The van der Waals surface area contributed by atoms with Gasteiger partial charge in [0, 0.05) is 82.4 Å². The molecule has 0 saturated carbocycles. The number of rotatable bonds is 8. The molecule has 0 atom stereocenters. The van der Waals surface area contributed by atoms with Crippen molar-refractivity contribution in [3.8, 4) is 68.0 Å². The number of hydrogen-bond donors (Lipinski definition) is 0. The Labute approximate surface area is 482 Å². The van der Waals surface area contributed by atoms with Gasteiger partial charge in [0.15, 0.2) is 23.2 Å². The molecule has 12 aromatic carbocycles. The van der Waals surface area contributed by atoms with Crippen molar-refractivity contribution in [1.82, 2.24) is 33.2 Å². The summed E-state index contributed by atoms with van der Waals surface area (Å²) in [6.45, 7) is 9.07. The molecule has 0 N–H and O–H groups in total. The van der Waals surface area contributed by atoms with E-state index >= 15 is 0 Å².